The quantitative estimate of drug-likeness (QED) is 0.426. The largest absolute Gasteiger partial charge is 0.390 e. The summed E-state index contributed by atoms with van der Waals surface area (Å²) in [6.07, 6.45) is -6.26. The standard InChI is InChI=1S/C26H39NO6SSi2/c1-15-8-10-17(11-9-15)34(32,33)27-14-16-12-19(35(2,3)4)20(36(5,6)7)13-18(16)21-22(27)24(29)26(31)25(30)23(21)28/h8-13,21-26,28-31H,14H2,1-7H3/t21-,22-,23-,24+,25+,26+/m1/s1. The van der Waals surface area contributed by atoms with Gasteiger partial charge >= 0.3 is 0 Å². The number of aliphatic hydroxyl groups excluding tert-OH is 4. The van der Waals surface area contributed by atoms with Crippen LogP contribution in [0.4, 0.5) is 0 Å². The van der Waals surface area contributed by atoms with E-state index in [1.54, 1.807) is 12.1 Å². The first-order chi connectivity index (χ1) is 16.5. The van der Waals surface area contributed by atoms with Crippen molar-refractivity contribution in [3.8, 4) is 0 Å². The molecule has 36 heavy (non-hydrogen) atoms. The lowest BCUT2D eigenvalue weighted by atomic mass is 9.70. The van der Waals surface area contributed by atoms with E-state index in [0.29, 0.717) is 0 Å². The normalized spacial score (nSPS) is 29.5. The molecule has 4 N–H and O–H groups in total. The first-order valence-corrected chi connectivity index (χ1v) is 20.9. The average molecular weight is 550 g/mol. The molecular formula is C26H39NO6SSi2. The second-order valence-corrected chi connectivity index (χ2v) is 24.4. The van der Waals surface area contributed by atoms with Crippen LogP contribution in [0.15, 0.2) is 41.3 Å². The fourth-order valence-electron chi connectivity index (χ4n) is 5.66. The zero-order valence-electron chi connectivity index (χ0n) is 22.1. The predicted octanol–water partition coefficient (Wildman–Crippen LogP) is 1.20. The number of aliphatic hydroxyl groups is 4. The number of hydrogen-bond donors (Lipinski definition) is 4. The van der Waals surface area contributed by atoms with Crippen molar-refractivity contribution < 1.29 is 28.8 Å². The topological polar surface area (TPSA) is 118 Å². The summed E-state index contributed by atoms with van der Waals surface area (Å²) in [7, 11) is -7.74. The van der Waals surface area contributed by atoms with E-state index < -0.39 is 62.5 Å². The van der Waals surface area contributed by atoms with Crippen LogP contribution >= 0.6 is 0 Å². The van der Waals surface area contributed by atoms with E-state index in [1.807, 2.05) is 6.92 Å². The maximum Gasteiger partial charge on any atom is 0.243 e. The van der Waals surface area contributed by atoms with E-state index >= 15 is 0 Å². The van der Waals surface area contributed by atoms with Crippen molar-refractivity contribution in [3.63, 3.8) is 0 Å². The summed E-state index contributed by atoms with van der Waals surface area (Å²) >= 11 is 0. The third-order valence-corrected chi connectivity index (χ3v) is 13.8. The Morgan fingerprint density at radius 1 is 0.778 bits per heavy atom. The van der Waals surface area contributed by atoms with Crippen LogP contribution in [0.2, 0.25) is 39.3 Å². The highest BCUT2D eigenvalue weighted by atomic mass is 32.2. The van der Waals surface area contributed by atoms with Crippen LogP contribution in [-0.4, -0.2) is 79.8 Å². The fraction of sp³-hybridized carbons (Fsp3) is 0.538. The van der Waals surface area contributed by atoms with Gasteiger partial charge in [-0.15, -0.1) is 0 Å². The molecule has 1 heterocycles. The van der Waals surface area contributed by atoms with Gasteiger partial charge in [0.25, 0.3) is 0 Å². The lowest BCUT2D eigenvalue weighted by molar-refractivity contribution is -0.168. The van der Waals surface area contributed by atoms with Gasteiger partial charge in [-0.1, -0.05) is 79.5 Å². The summed E-state index contributed by atoms with van der Waals surface area (Å²) in [6.45, 7) is 15.5. The molecule has 10 heteroatoms. The van der Waals surface area contributed by atoms with Gasteiger partial charge in [-0.05, 0) is 30.2 Å². The Hall–Kier alpha value is -1.38. The SMILES string of the molecule is Cc1ccc(S(=O)(=O)N2Cc3cc([Si](C)(C)C)c([Si](C)(C)C)cc3[C@H]3[C@@H](O)[C@H](O)[C@@H](O)[C@@H](O)[C@@H]32)cc1. The van der Waals surface area contributed by atoms with Gasteiger partial charge in [0.2, 0.25) is 10.0 Å². The highest BCUT2D eigenvalue weighted by Crippen LogP contribution is 2.44. The Morgan fingerprint density at radius 3 is 1.81 bits per heavy atom. The smallest absolute Gasteiger partial charge is 0.243 e. The van der Waals surface area contributed by atoms with Crippen LogP contribution in [0.25, 0.3) is 0 Å². The van der Waals surface area contributed by atoms with Crippen molar-refractivity contribution in [1.29, 1.82) is 0 Å². The van der Waals surface area contributed by atoms with E-state index in [9.17, 15) is 28.8 Å². The number of benzene rings is 2. The molecule has 198 valence electrons. The highest BCUT2D eigenvalue weighted by Gasteiger charge is 2.56. The highest BCUT2D eigenvalue weighted by molar-refractivity contribution is 7.89. The van der Waals surface area contributed by atoms with E-state index in [2.05, 4.69) is 51.4 Å². The van der Waals surface area contributed by atoms with Gasteiger partial charge in [-0.25, -0.2) is 8.42 Å². The Labute approximate surface area is 216 Å². The molecule has 0 radical (unpaired) electrons. The van der Waals surface area contributed by atoms with Crippen molar-refractivity contribution in [1.82, 2.24) is 4.31 Å². The fourth-order valence-corrected chi connectivity index (χ4v) is 12.5. The van der Waals surface area contributed by atoms with E-state index in [1.165, 1.54) is 26.8 Å². The molecule has 1 aliphatic heterocycles. The zero-order chi connectivity index (χ0) is 27.0. The number of nitrogens with zero attached hydrogens (tertiary/aromatic N) is 1. The summed E-state index contributed by atoms with van der Waals surface area (Å²) in [5.41, 5.74) is 2.45. The van der Waals surface area contributed by atoms with Gasteiger partial charge in [0.1, 0.15) is 12.2 Å². The van der Waals surface area contributed by atoms with Crippen LogP contribution in [0, 0.1) is 6.92 Å². The molecule has 4 rings (SSSR count). The number of hydrogen-bond acceptors (Lipinski definition) is 6. The molecule has 2 aliphatic rings. The molecule has 1 fully saturated rings. The number of fused-ring (bicyclic) bond motifs is 3. The molecule has 0 saturated heterocycles. The maximum absolute atomic E-state index is 13.9. The molecule has 1 aliphatic carbocycles. The van der Waals surface area contributed by atoms with Gasteiger partial charge in [0, 0.05) is 12.5 Å². The molecule has 0 spiro atoms. The Bertz CT molecular complexity index is 1250. The Morgan fingerprint density at radius 2 is 1.28 bits per heavy atom. The molecule has 0 bridgehead atoms. The van der Waals surface area contributed by atoms with Gasteiger partial charge < -0.3 is 20.4 Å². The Balaban J connectivity index is 1.99. The van der Waals surface area contributed by atoms with Gasteiger partial charge in [-0.3, -0.25) is 0 Å². The van der Waals surface area contributed by atoms with Crippen molar-refractivity contribution in [2.24, 2.45) is 0 Å². The number of aryl methyl sites for hydroxylation is 1. The zero-order valence-corrected chi connectivity index (χ0v) is 24.9. The minimum absolute atomic E-state index is 0.0166. The lowest BCUT2D eigenvalue weighted by Gasteiger charge is -2.51. The van der Waals surface area contributed by atoms with E-state index in [-0.39, 0.29) is 11.4 Å². The molecule has 1 saturated carbocycles. The van der Waals surface area contributed by atoms with Crippen LogP contribution in [-0.2, 0) is 16.6 Å². The van der Waals surface area contributed by atoms with Crippen LogP contribution in [0.1, 0.15) is 22.6 Å². The second-order valence-electron chi connectivity index (χ2n) is 12.4. The van der Waals surface area contributed by atoms with Crippen molar-refractivity contribution in [2.75, 3.05) is 0 Å². The maximum atomic E-state index is 13.9. The van der Waals surface area contributed by atoms with Crippen molar-refractivity contribution in [3.05, 3.63) is 53.1 Å². The molecule has 7 nitrogen and oxygen atoms in total. The predicted molar refractivity (Wildman–Crippen MR) is 147 cm³/mol. The minimum atomic E-state index is -4.09. The lowest BCUT2D eigenvalue weighted by Crippen LogP contribution is -2.67. The molecule has 0 amide bonds. The van der Waals surface area contributed by atoms with Gasteiger partial charge in [0.05, 0.1) is 39.3 Å². The summed E-state index contributed by atoms with van der Waals surface area (Å²) in [6, 6.07) is 9.60. The molecule has 0 unspecified atom stereocenters. The van der Waals surface area contributed by atoms with Gasteiger partial charge in [0.15, 0.2) is 0 Å². The molecule has 6 atom stereocenters. The van der Waals surface area contributed by atoms with Crippen molar-refractivity contribution >= 4 is 36.5 Å². The third-order valence-electron chi connectivity index (χ3n) is 7.68. The number of sulfonamides is 1. The summed E-state index contributed by atoms with van der Waals surface area (Å²) < 4.78 is 29.1. The summed E-state index contributed by atoms with van der Waals surface area (Å²) in [5, 5.41) is 46.0. The molecule has 2 aromatic carbocycles. The van der Waals surface area contributed by atoms with Crippen LogP contribution in [0.3, 0.4) is 0 Å². The first-order valence-electron chi connectivity index (χ1n) is 12.4. The van der Waals surface area contributed by atoms with E-state index in [0.717, 1.165) is 16.7 Å². The van der Waals surface area contributed by atoms with E-state index in [4.69, 9.17) is 0 Å². The molecule has 0 aromatic heterocycles. The summed E-state index contributed by atoms with van der Waals surface area (Å²) in [5.74, 6) is -0.881. The minimum Gasteiger partial charge on any atom is -0.390 e. The first kappa shape index (κ1) is 27.7. The van der Waals surface area contributed by atoms with Crippen molar-refractivity contribution in [2.45, 2.75) is 94.0 Å². The van der Waals surface area contributed by atoms with Gasteiger partial charge in [-0.2, -0.15) is 4.31 Å². The Kier molecular flexibility index (Phi) is 7.01. The van der Waals surface area contributed by atoms with Crippen LogP contribution < -0.4 is 10.4 Å². The second kappa shape index (κ2) is 9.13. The number of rotatable bonds is 4. The summed E-state index contributed by atoms with van der Waals surface area (Å²) in [4.78, 5) is 0.0849. The average Bonchev–Trinajstić information content (AvgIpc) is 2.78. The van der Waals surface area contributed by atoms with Crippen LogP contribution in [0.5, 0.6) is 0 Å². The monoisotopic (exact) mass is 549 g/mol. The molecular weight excluding hydrogens is 511 g/mol. The third kappa shape index (κ3) is 4.56. The molecule has 2 aromatic rings.